The largest absolute Gasteiger partial charge is 0.494 e. The summed E-state index contributed by atoms with van der Waals surface area (Å²) in [5.74, 6) is 1.55. The molecule has 0 aliphatic heterocycles. The third-order valence-electron chi connectivity index (χ3n) is 5.20. The molecule has 5 aromatic rings. The highest BCUT2D eigenvalue weighted by molar-refractivity contribution is 7.22. The number of thiazole rings is 2. The lowest BCUT2D eigenvalue weighted by Crippen LogP contribution is -2.01. The zero-order chi connectivity index (χ0) is 21.9. The number of hydrogen-bond donors (Lipinski definition) is 0. The van der Waals surface area contributed by atoms with Crippen LogP contribution in [0.25, 0.3) is 32.1 Å². The second kappa shape index (κ2) is 9.23. The first-order valence-corrected chi connectivity index (χ1v) is 12.5. The van der Waals surface area contributed by atoms with Crippen molar-refractivity contribution in [3.8, 4) is 5.75 Å². The van der Waals surface area contributed by atoms with Crippen LogP contribution in [0.4, 0.5) is 0 Å². The summed E-state index contributed by atoms with van der Waals surface area (Å²) in [5, 5.41) is 1.98. The van der Waals surface area contributed by atoms with Gasteiger partial charge in [0.15, 0.2) is 0 Å². The number of para-hydroxylation sites is 2. The Kier molecular flexibility index (Phi) is 6.02. The number of benzene rings is 3. The van der Waals surface area contributed by atoms with E-state index in [0.717, 1.165) is 51.0 Å². The number of hydrogen-bond acceptors (Lipinski definition) is 5. The monoisotopic (exact) mass is 456 g/mol. The lowest BCUT2D eigenvalue weighted by molar-refractivity contribution is 0.289. The minimum atomic E-state index is 0.641. The average molecular weight is 457 g/mol. The van der Waals surface area contributed by atoms with Crippen LogP contribution in [0, 0.1) is 5.92 Å². The van der Waals surface area contributed by atoms with Gasteiger partial charge >= 0.3 is 0 Å². The summed E-state index contributed by atoms with van der Waals surface area (Å²) < 4.78 is 8.25. The van der Waals surface area contributed by atoms with Crippen molar-refractivity contribution in [1.82, 2.24) is 9.97 Å². The third-order valence-corrected chi connectivity index (χ3v) is 7.34. The Morgan fingerprint density at radius 3 is 1.91 bits per heavy atom. The van der Waals surface area contributed by atoms with Gasteiger partial charge in [-0.2, -0.15) is 0 Å². The maximum atomic E-state index is 5.88. The predicted octanol–water partition coefficient (Wildman–Crippen LogP) is 7.92. The Morgan fingerprint density at radius 2 is 1.38 bits per heavy atom. The van der Waals surface area contributed by atoms with Gasteiger partial charge in [0.1, 0.15) is 15.8 Å². The SMILES string of the molecule is CC(C)CCOc1ccc(C=C(c2nc3ccccc3s2)c2nc3ccccc3s2)cc1. The Labute approximate surface area is 196 Å². The highest BCUT2D eigenvalue weighted by Gasteiger charge is 2.15. The Morgan fingerprint density at radius 1 is 0.812 bits per heavy atom. The second-order valence-corrected chi connectivity index (χ2v) is 10.2. The van der Waals surface area contributed by atoms with E-state index < -0.39 is 0 Å². The highest BCUT2D eigenvalue weighted by Crippen LogP contribution is 2.36. The standard InChI is InChI=1S/C27H24N2OS2/c1-18(2)15-16-30-20-13-11-19(12-14-20)17-21(26-28-22-7-3-5-9-24(22)31-26)27-29-23-8-4-6-10-25(23)32-27/h3-14,17-18H,15-16H2,1-2H3. The van der Waals surface area contributed by atoms with Gasteiger partial charge in [-0.3, -0.25) is 0 Å². The zero-order valence-corrected chi connectivity index (χ0v) is 19.7. The molecule has 3 nitrogen and oxygen atoms in total. The predicted molar refractivity (Wildman–Crippen MR) is 138 cm³/mol. The summed E-state index contributed by atoms with van der Waals surface area (Å²) in [6.07, 6.45) is 3.24. The van der Waals surface area contributed by atoms with Crippen LogP contribution in [-0.4, -0.2) is 16.6 Å². The van der Waals surface area contributed by atoms with E-state index in [9.17, 15) is 0 Å². The van der Waals surface area contributed by atoms with E-state index in [4.69, 9.17) is 14.7 Å². The molecule has 0 radical (unpaired) electrons. The fourth-order valence-electron chi connectivity index (χ4n) is 3.43. The average Bonchev–Trinajstić information content (AvgIpc) is 3.42. The van der Waals surface area contributed by atoms with Gasteiger partial charge in [0.25, 0.3) is 0 Å². The topological polar surface area (TPSA) is 35.0 Å². The molecular weight excluding hydrogens is 432 g/mol. The van der Waals surface area contributed by atoms with E-state index in [1.807, 2.05) is 24.3 Å². The molecule has 2 heterocycles. The molecule has 0 aliphatic rings. The van der Waals surface area contributed by atoms with E-state index >= 15 is 0 Å². The van der Waals surface area contributed by atoms with Crippen LogP contribution in [0.3, 0.4) is 0 Å². The molecule has 2 aromatic heterocycles. The van der Waals surface area contributed by atoms with Gasteiger partial charge in [-0.1, -0.05) is 50.2 Å². The number of aromatic nitrogens is 2. The molecule has 0 spiro atoms. The van der Waals surface area contributed by atoms with Crippen molar-refractivity contribution >= 4 is 54.8 Å². The molecule has 0 N–H and O–H groups in total. The molecule has 5 heteroatoms. The lowest BCUT2D eigenvalue weighted by atomic mass is 10.1. The summed E-state index contributed by atoms with van der Waals surface area (Å²) in [4.78, 5) is 9.85. The van der Waals surface area contributed by atoms with Crippen LogP contribution in [0.2, 0.25) is 0 Å². The van der Waals surface area contributed by atoms with Crippen molar-refractivity contribution in [2.75, 3.05) is 6.61 Å². The molecule has 0 bridgehead atoms. The molecule has 0 amide bonds. The molecule has 0 atom stereocenters. The van der Waals surface area contributed by atoms with Gasteiger partial charge in [0, 0.05) is 5.57 Å². The van der Waals surface area contributed by atoms with Crippen LogP contribution < -0.4 is 4.74 Å². The summed E-state index contributed by atoms with van der Waals surface area (Å²) in [6.45, 7) is 5.17. The zero-order valence-electron chi connectivity index (χ0n) is 18.1. The first-order chi connectivity index (χ1) is 15.7. The first kappa shape index (κ1) is 20.9. The van der Waals surface area contributed by atoms with Crippen LogP contribution in [0.1, 0.15) is 35.8 Å². The maximum Gasteiger partial charge on any atom is 0.127 e. The molecule has 0 saturated heterocycles. The normalized spacial score (nSPS) is 11.3. The Balaban J connectivity index is 1.52. The fourth-order valence-corrected chi connectivity index (χ4v) is 5.46. The molecule has 0 saturated carbocycles. The third kappa shape index (κ3) is 4.59. The van der Waals surface area contributed by atoms with Gasteiger partial charge in [0.05, 0.1) is 27.0 Å². The summed E-state index contributed by atoms with van der Waals surface area (Å²) in [5.41, 5.74) is 4.21. The molecular formula is C27H24N2OS2. The van der Waals surface area contributed by atoms with Crippen molar-refractivity contribution in [3.05, 3.63) is 88.4 Å². The molecule has 0 aliphatic carbocycles. The van der Waals surface area contributed by atoms with Gasteiger partial charge < -0.3 is 4.74 Å². The second-order valence-electron chi connectivity index (χ2n) is 8.13. The number of fused-ring (bicyclic) bond motifs is 2. The Hall–Kier alpha value is -3.02. The number of ether oxygens (including phenoxy) is 1. The minimum absolute atomic E-state index is 0.641. The summed E-state index contributed by atoms with van der Waals surface area (Å²) in [6, 6.07) is 24.8. The molecule has 32 heavy (non-hydrogen) atoms. The smallest absolute Gasteiger partial charge is 0.127 e. The van der Waals surface area contributed by atoms with E-state index in [1.54, 1.807) is 22.7 Å². The van der Waals surface area contributed by atoms with Crippen LogP contribution in [0.5, 0.6) is 5.75 Å². The van der Waals surface area contributed by atoms with Crippen LogP contribution >= 0.6 is 22.7 Å². The van der Waals surface area contributed by atoms with E-state index in [1.165, 1.54) is 9.40 Å². The maximum absolute atomic E-state index is 5.88. The molecule has 160 valence electrons. The van der Waals surface area contributed by atoms with Crippen molar-refractivity contribution < 1.29 is 4.74 Å². The Bertz CT molecular complexity index is 1240. The van der Waals surface area contributed by atoms with Crippen molar-refractivity contribution in [2.24, 2.45) is 5.92 Å². The first-order valence-electron chi connectivity index (χ1n) is 10.8. The molecule has 0 fully saturated rings. The van der Waals surface area contributed by atoms with Crippen LogP contribution in [-0.2, 0) is 0 Å². The molecule has 0 unspecified atom stereocenters. The number of rotatable bonds is 7. The summed E-state index contributed by atoms with van der Waals surface area (Å²) in [7, 11) is 0. The van der Waals surface area contributed by atoms with Crippen LogP contribution in [0.15, 0.2) is 72.8 Å². The van der Waals surface area contributed by atoms with E-state index in [0.29, 0.717) is 5.92 Å². The molecule has 5 rings (SSSR count). The van der Waals surface area contributed by atoms with E-state index in [2.05, 4.69) is 68.5 Å². The highest BCUT2D eigenvalue weighted by atomic mass is 32.1. The van der Waals surface area contributed by atoms with Gasteiger partial charge in [-0.15, -0.1) is 22.7 Å². The van der Waals surface area contributed by atoms with Gasteiger partial charge in [-0.25, -0.2) is 9.97 Å². The van der Waals surface area contributed by atoms with Gasteiger partial charge in [0.2, 0.25) is 0 Å². The lowest BCUT2D eigenvalue weighted by Gasteiger charge is -2.08. The van der Waals surface area contributed by atoms with Gasteiger partial charge in [-0.05, 0) is 60.4 Å². The van der Waals surface area contributed by atoms with E-state index in [-0.39, 0.29) is 0 Å². The van der Waals surface area contributed by atoms with Crippen molar-refractivity contribution in [2.45, 2.75) is 20.3 Å². The minimum Gasteiger partial charge on any atom is -0.494 e. The van der Waals surface area contributed by atoms with Crippen molar-refractivity contribution in [1.29, 1.82) is 0 Å². The van der Waals surface area contributed by atoms with Crippen molar-refractivity contribution in [3.63, 3.8) is 0 Å². The quantitative estimate of drug-likeness (QED) is 0.249. The summed E-state index contributed by atoms with van der Waals surface area (Å²) >= 11 is 3.42. The molecule has 3 aromatic carbocycles. The fraction of sp³-hybridized carbons (Fsp3) is 0.185. The number of nitrogens with zero attached hydrogens (tertiary/aromatic N) is 2.